The first kappa shape index (κ1) is 13.1. The van der Waals surface area contributed by atoms with Gasteiger partial charge in [0.2, 0.25) is 5.91 Å². The molecule has 0 bridgehead atoms. The number of nitrogens with one attached hydrogen (secondary N) is 1. The molecule has 4 heteroatoms. The van der Waals surface area contributed by atoms with Crippen molar-refractivity contribution in [3.63, 3.8) is 0 Å². The fourth-order valence-electron chi connectivity index (χ4n) is 2.84. The molecule has 1 aliphatic heterocycles. The van der Waals surface area contributed by atoms with Gasteiger partial charge in [-0.3, -0.25) is 4.79 Å². The highest BCUT2D eigenvalue weighted by molar-refractivity contribution is 7.07. The van der Waals surface area contributed by atoms with Crippen molar-refractivity contribution in [3.05, 3.63) is 22.4 Å². The molecule has 0 atom stereocenters. The Kier molecular flexibility index (Phi) is 4.18. The number of rotatable bonds is 5. The van der Waals surface area contributed by atoms with Gasteiger partial charge in [-0.1, -0.05) is 0 Å². The maximum atomic E-state index is 12.5. The summed E-state index contributed by atoms with van der Waals surface area (Å²) >= 11 is 1.71. The van der Waals surface area contributed by atoms with Gasteiger partial charge < -0.3 is 10.2 Å². The van der Waals surface area contributed by atoms with Gasteiger partial charge in [0.15, 0.2) is 0 Å². The van der Waals surface area contributed by atoms with Gasteiger partial charge in [0.05, 0.1) is 0 Å². The fraction of sp³-hybridized carbons (Fsp3) is 0.667. The lowest BCUT2D eigenvalue weighted by Crippen LogP contribution is -2.36. The van der Waals surface area contributed by atoms with Crippen molar-refractivity contribution >= 4 is 17.2 Å². The second-order valence-corrected chi connectivity index (χ2v) is 6.56. The first-order chi connectivity index (χ1) is 9.33. The van der Waals surface area contributed by atoms with Gasteiger partial charge in [0.25, 0.3) is 0 Å². The number of amides is 1. The average Bonchev–Trinajstić information content (AvgIpc) is 3.14. The number of hydrogen-bond acceptors (Lipinski definition) is 3. The van der Waals surface area contributed by atoms with Crippen LogP contribution in [0.25, 0.3) is 0 Å². The summed E-state index contributed by atoms with van der Waals surface area (Å²) in [6.07, 6.45) is 5.46. The minimum atomic E-state index is 0.376. The molecule has 3 rings (SSSR count). The highest BCUT2D eigenvalue weighted by atomic mass is 32.1. The Hall–Kier alpha value is -0.870. The maximum Gasteiger partial charge on any atom is 0.223 e. The molecule has 2 aliphatic rings. The molecule has 1 saturated carbocycles. The lowest BCUT2D eigenvalue weighted by molar-refractivity contribution is -0.133. The van der Waals surface area contributed by atoms with E-state index in [1.807, 2.05) is 0 Å². The number of nitrogens with zero attached hydrogens (tertiary/aromatic N) is 1. The quantitative estimate of drug-likeness (QED) is 0.898. The van der Waals surface area contributed by atoms with E-state index in [1.165, 1.54) is 18.4 Å². The summed E-state index contributed by atoms with van der Waals surface area (Å²) in [4.78, 5) is 14.7. The van der Waals surface area contributed by atoms with E-state index in [9.17, 15) is 4.79 Å². The zero-order valence-corrected chi connectivity index (χ0v) is 12.1. The van der Waals surface area contributed by atoms with Gasteiger partial charge in [-0.25, -0.2) is 0 Å². The molecule has 0 unspecified atom stereocenters. The van der Waals surface area contributed by atoms with Gasteiger partial charge in [0.1, 0.15) is 0 Å². The van der Waals surface area contributed by atoms with E-state index in [1.54, 1.807) is 11.3 Å². The van der Waals surface area contributed by atoms with E-state index in [2.05, 4.69) is 27.0 Å². The number of carbonyl (C=O) groups excluding carboxylic acids is 1. The minimum absolute atomic E-state index is 0.376. The molecule has 1 aliphatic carbocycles. The first-order valence-electron chi connectivity index (χ1n) is 7.34. The zero-order valence-electron chi connectivity index (χ0n) is 11.3. The Labute approximate surface area is 119 Å². The lowest BCUT2D eigenvalue weighted by atomic mass is 9.94. The first-order valence-corrected chi connectivity index (χ1v) is 8.28. The van der Waals surface area contributed by atoms with Crippen LogP contribution in [0.15, 0.2) is 16.8 Å². The molecule has 0 spiro atoms. The highest BCUT2D eigenvalue weighted by Gasteiger charge is 2.33. The van der Waals surface area contributed by atoms with Gasteiger partial charge in [-0.2, -0.15) is 11.3 Å². The third-order valence-corrected chi connectivity index (χ3v) is 4.90. The lowest BCUT2D eigenvalue weighted by Gasteiger charge is -2.27. The normalized spacial score (nSPS) is 20.4. The highest BCUT2D eigenvalue weighted by Crippen LogP contribution is 2.30. The second kappa shape index (κ2) is 6.06. The number of piperidine rings is 1. The van der Waals surface area contributed by atoms with Crippen molar-refractivity contribution in [3.8, 4) is 0 Å². The molecular weight excluding hydrogens is 256 g/mol. The van der Waals surface area contributed by atoms with Crippen LogP contribution in [0.3, 0.4) is 0 Å². The van der Waals surface area contributed by atoms with Crippen molar-refractivity contribution in [2.45, 2.75) is 44.7 Å². The number of carbonyl (C=O) groups is 1. The molecule has 1 aromatic heterocycles. The largest absolute Gasteiger partial charge is 0.335 e. The summed E-state index contributed by atoms with van der Waals surface area (Å²) in [6.45, 7) is 2.97. The Balaban J connectivity index is 1.57. The summed E-state index contributed by atoms with van der Waals surface area (Å²) < 4.78 is 0. The van der Waals surface area contributed by atoms with E-state index in [-0.39, 0.29) is 0 Å². The van der Waals surface area contributed by atoms with Crippen LogP contribution in [0.4, 0.5) is 0 Å². The number of hydrogen-bond donors (Lipinski definition) is 1. The van der Waals surface area contributed by atoms with Crippen LogP contribution < -0.4 is 5.32 Å². The molecule has 3 nitrogen and oxygen atoms in total. The SMILES string of the molecule is O=C(CC1CCNCC1)N(Cc1ccsc1)C1CC1. The van der Waals surface area contributed by atoms with Crippen molar-refractivity contribution in [1.29, 1.82) is 0 Å². The van der Waals surface area contributed by atoms with Crippen LogP contribution >= 0.6 is 11.3 Å². The minimum Gasteiger partial charge on any atom is -0.335 e. The summed E-state index contributed by atoms with van der Waals surface area (Å²) in [5, 5.41) is 7.62. The molecule has 0 radical (unpaired) electrons. The molecule has 104 valence electrons. The van der Waals surface area contributed by atoms with Gasteiger partial charge in [-0.15, -0.1) is 0 Å². The Morgan fingerprint density at radius 3 is 2.74 bits per heavy atom. The van der Waals surface area contributed by atoms with Crippen molar-refractivity contribution < 1.29 is 4.79 Å². The van der Waals surface area contributed by atoms with Crippen LogP contribution in [0, 0.1) is 5.92 Å². The molecule has 2 heterocycles. The molecule has 0 aromatic carbocycles. The molecular formula is C15H22N2OS. The van der Waals surface area contributed by atoms with Crippen molar-refractivity contribution in [2.75, 3.05) is 13.1 Å². The average molecular weight is 278 g/mol. The van der Waals surface area contributed by atoms with Crippen molar-refractivity contribution in [1.82, 2.24) is 10.2 Å². The van der Waals surface area contributed by atoms with Crippen LogP contribution in [-0.4, -0.2) is 29.9 Å². The standard InChI is InChI=1S/C15H22N2OS/c18-15(9-12-3-6-16-7-4-12)17(14-1-2-14)10-13-5-8-19-11-13/h5,8,11-12,14,16H,1-4,6-7,9-10H2. The topological polar surface area (TPSA) is 32.3 Å². The van der Waals surface area contributed by atoms with Crippen molar-refractivity contribution in [2.24, 2.45) is 5.92 Å². The monoisotopic (exact) mass is 278 g/mol. The van der Waals surface area contributed by atoms with E-state index >= 15 is 0 Å². The predicted molar refractivity (Wildman–Crippen MR) is 78.1 cm³/mol. The molecule has 1 amide bonds. The van der Waals surface area contributed by atoms with E-state index in [0.29, 0.717) is 17.9 Å². The zero-order chi connectivity index (χ0) is 13.1. The summed E-state index contributed by atoms with van der Waals surface area (Å²) in [5.74, 6) is 0.970. The Morgan fingerprint density at radius 1 is 1.32 bits per heavy atom. The maximum absolute atomic E-state index is 12.5. The Bertz CT molecular complexity index is 408. The van der Waals surface area contributed by atoms with Gasteiger partial charge >= 0.3 is 0 Å². The smallest absolute Gasteiger partial charge is 0.223 e. The van der Waals surface area contributed by atoms with E-state index in [4.69, 9.17) is 0 Å². The molecule has 1 N–H and O–H groups in total. The van der Waals surface area contributed by atoms with Crippen LogP contribution in [0.2, 0.25) is 0 Å². The third kappa shape index (κ3) is 3.57. The second-order valence-electron chi connectivity index (χ2n) is 5.78. The number of thiophene rings is 1. The summed E-state index contributed by atoms with van der Waals surface area (Å²) in [5.41, 5.74) is 1.29. The third-order valence-electron chi connectivity index (χ3n) is 4.16. The predicted octanol–water partition coefficient (Wildman–Crippen LogP) is 2.63. The van der Waals surface area contributed by atoms with E-state index < -0.39 is 0 Å². The van der Waals surface area contributed by atoms with Gasteiger partial charge in [-0.05, 0) is 67.1 Å². The van der Waals surface area contributed by atoms with Crippen LogP contribution in [0.5, 0.6) is 0 Å². The molecule has 19 heavy (non-hydrogen) atoms. The van der Waals surface area contributed by atoms with Crippen LogP contribution in [-0.2, 0) is 11.3 Å². The van der Waals surface area contributed by atoms with Crippen LogP contribution in [0.1, 0.15) is 37.7 Å². The molecule has 1 saturated heterocycles. The molecule has 1 aromatic rings. The Morgan fingerprint density at radius 2 is 2.11 bits per heavy atom. The molecule has 2 fully saturated rings. The van der Waals surface area contributed by atoms with E-state index in [0.717, 1.165) is 38.9 Å². The summed E-state index contributed by atoms with van der Waals surface area (Å²) in [7, 11) is 0. The van der Waals surface area contributed by atoms with Gasteiger partial charge in [0, 0.05) is 19.0 Å². The summed E-state index contributed by atoms with van der Waals surface area (Å²) in [6, 6.07) is 2.66. The fourth-order valence-corrected chi connectivity index (χ4v) is 3.50.